The zero-order valence-corrected chi connectivity index (χ0v) is 29.7. The second-order valence-corrected chi connectivity index (χ2v) is 13.1. The van der Waals surface area contributed by atoms with Crippen LogP contribution in [0.4, 0.5) is 0 Å². The lowest BCUT2D eigenvalue weighted by Gasteiger charge is -2.21. The van der Waals surface area contributed by atoms with E-state index in [2.05, 4.69) is 43.5 Å². The van der Waals surface area contributed by atoms with Crippen molar-refractivity contribution in [3.8, 4) is 0 Å². The molecule has 0 aromatic carbocycles. The Balaban J connectivity index is 3.74. The molecule has 0 saturated carbocycles. The molecular formula is C40H75NO4. The summed E-state index contributed by atoms with van der Waals surface area (Å²) in [6, 6.07) is -0.816. The van der Waals surface area contributed by atoms with Crippen LogP contribution in [0.15, 0.2) is 36.5 Å². The van der Waals surface area contributed by atoms with E-state index in [4.69, 9.17) is 0 Å². The molecule has 0 heterocycles. The van der Waals surface area contributed by atoms with E-state index in [0.29, 0.717) is 6.42 Å². The highest BCUT2D eigenvalue weighted by atomic mass is 16.3. The van der Waals surface area contributed by atoms with Gasteiger partial charge in [-0.2, -0.15) is 0 Å². The number of aliphatic hydroxyl groups is 3. The zero-order valence-electron chi connectivity index (χ0n) is 29.7. The highest BCUT2D eigenvalue weighted by Crippen LogP contribution is 2.14. The number of hydrogen-bond donors (Lipinski definition) is 4. The maximum atomic E-state index is 12.3. The first-order chi connectivity index (χ1) is 22.1. The lowest BCUT2D eigenvalue weighted by molar-refractivity contribution is -0.131. The fourth-order valence-corrected chi connectivity index (χ4v) is 5.63. The van der Waals surface area contributed by atoms with Crippen molar-refractivity contribution in [2.75, 3.05) is 6.61 Å². The average Bonchev–Trinajstić information content (AvgIpc) is 3.04. The number of carbonyl (C=O) groups excluding carboxylic acids is 1. The summed E-state index contributed by atoms with van der Waals surface area (Å²) in [4.78, 5) is 12.3. The van der Waals surface area contributed by atoms with Gasteiger partial charge < -0.3 is 20.6 Å². The third-order valence-electron chi connectivity index (χ3n) is 8.71. The highest BCUT2D eigenvalue weighted by Gasteiger charge is 2.22. The molecule has 0 aliphatic carbocycles. The average molecular weight is 634 g/mol. The molecule has 45 heavy (non-hydrogen) atoms. The standard InChI is InChI=1S/C40H75NO4/c1-3-5-7-9-11-13-14-15-16-17-18-19-20-21-22-23-24-25-26-27-29-30-32-34-38(43)37(36-42)41-40(45)39(44)35-33-31-28-12-10-8-6-4-2/h22-23,26-27,32,34,37-39,42-44H,3-21,24-25,28-31,33,35-36H2,1-2H3,(H,41,45)/b23-22+,27-26+,34-32+. The van der Waals surface area contributed by atoms with Crippen LogP contribution in [0, 0.1) is 0 Å². The fourth-order valence-electron chi connectivity index (χ4n) is 5.63. The molecule has 0 aliphatic heterocycles. The van der Waals surface area contributed by atoms with Gasteiger partial charge in [-0.1, -0.05) is 179 Å². The number of hydrogen-bond acceptors (Lipinski definition) is 4. The highest BCUT2D eigenvalue weighted by molar-refractivity contribution is 5.80. The van der Waals surface area contributed by atoms with Crippen LogP contribution >= 0.6 is 0 Å². The predicted molar refractivity (Wildman–Crippen MR) is 194 cm³/mol. The van der Waals surface area contributed by atoms with E-state index in [1.54, 1.807) is 6.08 Å². The van der Waals surface area contributed by atoms with E-state index in [-0.39, 0.29) is 6.61 Å². The number of allylic oxidation sites excluding steroid dienone is 5. The fraction of sp³-hybridized carbons (Fsp3) is 0.825. The molecule has 5 nitrogen and oxygen atoms in total. The second kappa shape index (κ2) is 35.4. The van der Waals surface area contributed by atoms with Gasteiger partial charge in [0.25, 0.3) is 0 Å². The monoisotopic (exact) mass is 634 g/mol. The first-order valence-corrected chi connectivity index (χ1v) is 19.3. The van der Waals surface area contributed by atoms with Crippen LogP contribution in [0.5, 0.6) is 0 Å². The minimum atomic E-state index is -1.10. The smallest absolute Gasteiger partial charge is 0.249 e. The van der Waals surface area contributed by atoms with Gasteiger partial charge in [-0.05, 0) is 44.9 Å². The van der Waals surface area contributed by atoms with Crippen LogP contribution < -0.4 is 5.32 Å². The molecule has 4 N–H and O–H groups in total. The van der Waals surface area contributed by atoms with Crippen molar-refractivity contribution in [3.63, 3.8) is 0 Å². The molecule has 1 amide bonds. The summed E-state index contributed by atoms with van der Waals surface area (Å²) in [7, 11) is 0. The Kier molecular flexibility index (Phi) is 34.3. The molecule has 3 unspecified atom stereocenters. The largest absolute Gasteiger partial charge is 0.394 e. The van der Waals surface area contributed by atoms with Gasteiger partial charge in [0.1, 0.15) is 6.10 Å². The number of carbonyl (C=O) groups is 1. The summed E-state index contributed by atoms with van der Waals surface area (Å²) in [6.07, 6.45) is 43.3. The lowest BCUT2D eigenvalue weighted by Crippen LogP contribution is -2.48. The van der Waals surface area contributed by atoms with Crippen LogP contribution in [-0.4, -0.2) is 46.1 Å². The molecule has 0 fully saturated rings. The first-order valence-electron chi connectivity index (χ1n) is 19.3. The number of amides is 1. The third kappa shape index (κ3) is 31.0. The van der Waals surface area contributed by atoms with Crippen LogP contribution in [0.1, 0.15) is 187 Å². The molecular weight excluding hydrogens is 558 g/mol. The Morgan fingerprint density at radius 2 is 0.911 bits per heavy atom. The van der Waals surface area contributed by atoms with Crippen molar-refractivity contribution in [1.82, 2.24) is 5.32 Å². The molecule has 0 aromatic heterocycles. The molecule has 0 spiro atoms. The van der Waals surface area contributed by atoms with Crippen molar-refractivity contribution in [2.45, 2.75) is 205 Å². The second-order valence-electron chi connectivity index (χ2n) is 13.1. The van der Waals surface area contributed by atoms with Crippen LogP contribution in [0.25, 0.3) is 0 Å². The van der Waals surface area contributed by atoms with Gasteiger partial charge in [-0.25, -0.2) is 0 Å². The molecule has 3 atom stereocenters. The Bertz CT molecular complexity index is 704. The molecule has 0 rings (SSSR count). The minimum Gasteiger partial charge on any atom is -0.394 e. The van der Waals surface area contributed by atoms with Crippen molar-refractivity contribution >= 4 is 5.91 Å². The lowest BCUT2D eigenvalue weighted by atomic mass is 10.0. The van der Waals surface area contributed by atoms with E-state index in [9.17, 15) is 20.1 Å². The molecule has 0 radical (unpaired) electrons. The zero-order chi connectivity index (χ0) is 33.1. The van der Waals surface area contributed by atoms with E-state index in [1.807, 2.05) is 6.08 Å². The molecule has 5 heteroatoms. The van der Waals surface area contributed by atoms with Crippen molar-refractivity contribution in [2.24, 2.45) is 0 Å². The van der Waals surface area contributed by atoms with Crippen molar-refractivity contribution < 1.29 is 20.1 Å². The van der Waals surface area contributed by atoms with Gasteiger partial charge >= 0.3 is 0 Å². The van der Waals surface area contributed by atoms with Crippen molar-refractivity contribution in [1.29, 1.82) is 0 Å². The van der Waals surface area contributed by atoms with Crippen LogP contribution in [0.3, 0.4) is 0 Å². The summed E-state index contributed by atoms with van der Waals surface area (Å²) in [5, 5.41) is 32.8. The van der Waals surface area contributed by atoms with E-state index in [0.717, 1.165) is 44.9 Å². The predicted octanol–water partition coefficient (Wildman–Crippen LogP) is 10.4. The third-order valence-corrected chi connectivity index (χ3v) is 8.71. The first kappa shape index (κ1) is 43.6. The maximum Gasteiger partial charge on any atom is 0.249 e. The topological polar surface area (TPSA) is 89.8 Å². The summed E-state index contributed by atoms with van der Waals surface area (Å²) in [5.41, 5.74) is 0. The van der Waals surface area contributed by atoms with Crippen LogP contribution in [-0.2, 0) is 4.79 Å². The number of aliphatic hydroxyl groups excluding tert-OH is 3. The summed E-state index contributed by atoms with van der Waals surface area (Å²) in [5.74, 6) is -0.522. The molecule has 264 valence electrons. The summed E-state index contributed by atoms with van der Waals surface area (Å²) < 4.78 is 0. The number of unbranched alkanes of at least 4 members (excludes halogenated alkanes) is 22. The van der Waals surface area contributed by atoms with E-state index >= 15 is 0 Å². The quantitative estimate of drug-likeness (QED) is 0.0419. The normalized spacial score (nSPS) is 14.2. The van der Waals surface area contributed by atoms with Gasteiger partial charge in [0, 0.05) is 0 Å². The SMILES string of the molecule is CCCCCCCCCCCCCCC/C=C/CC/C=C/CC/C=C/C(O)C(CO)NC(=O)C(O)CCCCCCCCCC. The van der Waals surface area contributed by atoms with E-state index in [1.165, 1.54) is 122 Å². The number of nitrogens with one attached hydrogen (secondary N) is 1. The maximum absolute atomic E-state index is 12.3. The molecule has 0 bridgehead atoms. The van der Waals surface area contributed by atoms with E-state index < -0.39 is 24.2 Å². The van der Waals surface area contributed by atoms with Crippen LogP contribution in [0.2, 0.25) is 0 Å². The van der Waals surface area contributed by atoms with Gasteiger partial charge in [-0.3, -0.25) is 4.79 Å². The minimum absolute atomic E-state index is 0.380. The van der Waals surface area contributed by atoms with Gasteiger partial charge in [0.05, 0.1) is 18.8 Å². The van der Waals surface area contributed by atoms with Crippen molar-refractivity contribution in [3.05, 3.63) is 36.5 Å². The Morgan fingerprint density at radius 1 is 0.533 bits per heavy atom. The Labute approximate surface area is 279 Å². The van der Waals surface area contributed by atoms with Gasteiger partial charge in [-0.15, -0.1) is 0 Å². The molecule has 0 aromatic rings. The molecule has 0 saturated heterocycles. The Morgan fingerprint density at radius 3 is 1.36 bits per heavy atom. The number of rotatable bonds is 34. The van der Waals surface area contributed by atoms with Gasteiger partial charge in [0.2, 0.25) is 5.91 Å². The Hall–Kier alpha value is -1.43. The molecule has 0 aliphatic rings. The summed E-state index contributed by atoms with van der Waals surface area (Å²) >= 11 is 0. The van der Waals surface area contributed by atoms with Gasteiger partial charge in [0.15, 0.2) is 0 Å². The summed E-state index contributed by atoms with van der Waals surface area (Å²) in [6.45, 7) is 4.11.